The molecule has 1 rings (SSSR count). The molecule has 0 aromatic heterocycles. The molecule has 0 aliphatic heterocycles. The van der Waals surface area contributed by atoms with E-state index in [1.165, 1.54) is 0 Å². The zero-order valence-electron chi connectivity index (χ0n) is 7.01. The van der Waals surface area contributed by atoms with Gasteiger partial charge >= 0.3 is 0 Å². The van der Waals surface area contributed by atoms with E-state index in [1.54, 1.807) is 7.11 Å². The normalized spacial score (nSPS) is 9.50. The smallest absolute Gasteiger partial charge is 0.141 e. The zero-order valence-corrected chi connectivity index (χ0v) is 8.60. The number of ether oxygens (including phenoxy) is 1. The molecule has 0 saturated heterocycles. The lowest BCUT2D eigenvalue weighted by molar-refractivity contribution is 0.416. The Labute approximate surface area is 81.1 Å². The Morgan fingerprint density at radius 2 is 2.17 bits per heavy atom. The van der Waals surface area contributed by atoms with Crippen LogP contribution in [0.3, 0.4) is 0 Å². The van der Waals surface area contributed by atoms with Gasteiger partial charge in [-0.2, -0.15) is 0 Å². The van der Waals surface area contributed by atoms with Crippen LogP contribution in [0.2, 0.25) is 0 Å². The van der Waals surface area contributed by atoms with Crippen molar-refractivity contribution in [3.05, 3.63) is 24.3 Å². The molecule has 0 atom stereocenters. The predicted molar refractivity (Wildman–Crippen MR) is 55.3 cm³/mol. The van der Waals surface area contributed by atoms with E-state index in [0.29, 0.717) is 0 Å². The third-order valence-electron chi connectivity index (χ3n) is 1.52. The molecule has 0 amide bonds. The van der Waals surface area contributed by atoms with Gasteiger partial charge in [0, 0.05) is 11.9 Å². The van der Waals surface area contributed by atoms with Gasteiger partial charge in [0.15, 0.2) is 0 Å². The Hall–Kier alpha value is -0.700. The molecule has 0 radical (unpaired) electrons. The molecule has 0 fully saturated rings. The number of nitrogens with one attached hydrogen (secondary N) is 1. The summed E-state index contributed by atoms with van der Waals surface area (Å²) >= 11 is 3.35. The van der Waals surface area contributed by atoms with Crippen molar-refractivity contribution >= 4 is 21.6 Å². The summed E-state index contributed by atoms with van der Waals surface area (Å²) in [7, 11) is 1.68. The number of benzene rings is 1. The molecule has 1 aromatic rings. The van der Waals surface area contributed by atoms with Crippen LogP contribution in [0.15, 0.2) is 24.3 Å². The second kappa shape index (κ2) is 5.04. The van der Waals surface area contributed by atoms with Gasteiger partial charge in [0.1, 0.15) is 5.75 Å². The summed E-state index contributed by atoms with van der Waals surface area (Å²) in [5, 5.41) is 4.18. The lowest BCUT2D eigenvalue weighted by atomic mass is 10.3. The minimum atomic E-state index is 0.887. The highest BCUT2D eigenvalue weighted by atomic mass is 79.9. The second-order valence-corrected chi connectivity index (χ2v) is 3.11. The molecular weight excluding hydrogens is 218 g/mol. The molecule has 0 saturated carbocycles. The van der Waals surface area contributed by atoms with E-state index < -0.39 is 0 Å². The van der Waals surface area contributed by atoms with Crippen LogP contribution in [0.4, 0.5) is 5.69 Å². The minimum Gasteiger partial charge on any atom is -0.495 e. The van der Waals surface area contributed by atoms with Crippen LogP contribution in [0.5, 0.6) is 5.75 Å². The van der Waals surface area contributed by atoms with Gasteiger partial charge in [-0.25, -0.2) is 0 Å². The van der Waals surface area contributed by atoms with E-state index in [1.807, 2.05) is 24.3 Å². The van der Waals surface area contributed by atoms with Crippen molar-refractivity contribution in [2.24, 2.45) is 0 Å². The first-order chi connectivity index (χ1) is 5.88. The van der Waals surface area contributed by atoms with Gasteiger partial charge in [0.25, 0.3) is 0 Å². The summed E-state index contributed by atoms with van der Waals surface area (Å²) in [5.74, 6) is 0.887. The van der Waals surface area contributed by atoms with E-state index >= 15 is 0 Å². The Balaban J connectivity index is 2.68. The Kier molecular flexibility index (Phi) is 3.94. The average molecular weight is 230 g/mol. The lowest BCUT2D eigenvalue weighted by Crippen LogP contribution is -2.03. The number of hydrogen-bond acceptors (Lipinski definition) is 2. The molecule has 1 aromatic carbocycles. The van der Waals surface area contributed by atoms with Crippen molar-refractivity contribution in [2.75, 3.05) is 24.3 Å². The quantitative estimate of drug-likeness (QED) is 0.802. The molecule has 0 bridgehead atoms. The standard InChI is InChI=1S/C9H12BrNO/c1-12-9-5-3-2-4-8(9)11-7-6-10/h2-5,11H,6-7H2,1H3. The molecule has 0 aliphatic carbocycles. The first-order valence-electron chi connectivity index (χ1n) is 3.81. The fourth-order valence-electron chi connectivity index (χ4n) is 0.973. The van der Waals surface area contributed by atoms with Crippen molar-refractivity contribution in [1.82, 2.24) is 0 Å². The van der Waals surface area contributed by atoms with Crippen LogP contribution >= 0.6 is 15.9 Å². The van der Waals surface area contributed by atoms with Crippen molar-refractivity contribution in [2.45, 2.75) is 0 Å². The first-order valence-corrected chi connectivity index (χ1v) is 4.93. The fourth-order valence-corrected chi connectivity index (χ4v) is 1.17. The number of alkyl halides is 1. The molecular formula is C9H12BrNO. The molecule has 0 heterocycles. The van der Waals surface area contributed by atoms with Crippen LogP contribution in [0.25, 0.3) is 0 Å². The van der Waals surface area contributed by atoms with Crippen molar-refractivity contribution in [3.63, 3.8) is 0 Å². The van der Waals surface area contributed by atoms with E-state index in [2.05, 4.69) is 21.2 Å². The molecule has 0 aliphatic rings. The van der Waals surface area contributed by atoms with Gasteiger partial charge in [-0.1, -0.05) is 28.1 Å². The third kappa shape index (κ3) is 2.41. The SMILES string of the molecule is COc1ccccc1NCCBr. The highest BCUT2D eigenvalue weighted by molar-refractivity contribution is 9.09. The molecule has 0 spiro atoms. The van der Waals surface area contributed by atoms with E-state index in [9.17, 15) is 0 Å². The maximum atomic E-state index is 5.16. The predicted octanol–water partition coefficient (Wildman–Crippen LogP) is 2.50. The number of hydrogen-bond donors (Lipinski definition) is 1. The molecule has 66 valence electrons. The van der Waals surface area contributed by atoms with Crippen molar-refractivity contribution in [3.8, 4) is 5.75 Å². The number of halogens is 1. The van der Waals surface area contributed by atoms with Crippen molar-refractivity contribution in [1.29, 1.82) is 0 Å². The van der Waals surface area contributed by atoms with Crippen LogP contribution in [-0.2, 0) is 0 Å². The summed E-state index contributed by atoms with van der Waals surface area (Å²) in [6, 6.07) is 7.88. The Morgan fingerprint density at radius 3 is 2.83 bits per heavy atom. The maximum Gasteiger partial charge on any atom is 0.141 e. The van der Waals surface area contributed by atoms with E-state index in [0.717, 1.165) is 23.3 Å². The van der Waals surface area contributed by atoms with Gasteiger partial charge < -0.3 is 10.1 Å². The number of anilines is 1. The summed E-state index contributed by atoms with van der Waals surface area (Å²) in [4.78, 5) is 0. The minimum absolute atomic E-state index is 0.887. The molecule has 1 N–H and O–H groups in total. The third-order valence-corrected chi connectivity index (χ3v) is 1.91. The summed E-state index contributed by atoms with van der Waals surface area (Å²) in [5.41, 5.74) is 1.04. The van der Waals surface area contributed by atoms with Gasteiger partial charge in [0.05, 0.1) is 12.8 Å². The molecule has 2 nitrogen and oxygen atoms in total. The van der Waals surface area contributed by atoms with E-state index in [-0.39, 0.29) is 0 Å². The second-order valence-electron chi connectivity index (χ2n) is 2.32. The fraction of sp³-hybridized carbons (Fsp3) is 0.333. The Morgan fingerprint density at radius 1 is 1.42 bits per heavy atom. The highest BCUT2D eigenvalue weighted by Crippen LogP contribution is 2.22. The zero-order chi connectivity index (χ0) is 8.81. The first kappa shape index (κ1) is 9.39. The average Bonchev–Trinajstić information content (AvgIpc) is 2.15. The van der Waals surface area contributed by atoms with Crippen LogP contribution < -0.4 is 10.1 Å². The summed E-state index contributed by atoms with van der Waals surface area (Å²) < 4.78 is 5.16. The monoisotopic (exact) mass is 229 g/mol. The Bertz CT molecular complexity index is 240. The van der Waals surface area contributed by atoms with Crippen molar-refractivity contribution < 1.29 is 4.74 Å². The van der Waals surface area contributed by atoms with Gasteiger partial charge in [-0.05, 0) is 12.1 Å². The largest absolute Gasteiger partial charge is 0.495 e. The van der Waals surface area contributed by atoms with Gasteiger partial charge in [-0.15, -0.1) is 0 Å². The topological polar surface area (TPSA) is 21.3 Å². The number of methoxy groups -OCH3 is 1. The van der Waals surface area contributed by atoms with Crippen LogP contribution in [-0.4, -0.2) is 19.0 Å². The van der Waals surface area contributed by atoms with Gasteiger partial charge in [0.2, 0.25) is 0 Å². The molecule has 12 heavy (non-hydrogen) atoms. The lowest BCUT2D eigenvalue weighted by Gasteiger charge is -2.08. The van der Waals surface area contributed by atoms with E-state index in [4.69, 9.17) is 4.74 Å². The van der Waals surface area contributed by atoms with Crippen LogP contribution in [0, 0.1) is 0 Å². The summed E-state index contributed by atoms with van der Waals surface area (Å²) in [6.07, 6.45) is 0. The number of para-hydroxylation sites is 2. The number of rotatable bonds is 4. The van der Waals surface area contributed by atoms with Crippen LogP contribution in [0.1, 0.15) is 0 Å². The maximum absolute atomic E-state index is 5.16. The van der Waals surface area contributed by atoms with Gasteiger partial charge in [-0.3, -0.25) is 0 Å². The summed E-state index contributed by atoms with van der Waals surface area (Å²) in [6.45, 7) is 0.903. The molecule has 3 heteroatoms. The highest BCUT2D eigenvalue weighted by Gasteiger charge is 1.97. The molecule has 0 unspecified atom stereocenters.